The number of hydrogen-bond acceptors (Lipinski definition) is 17. The smallest absolute Gasteiger partial charge is 0.303 e. The van der Waals surface area contributed by atoms with Gasteiger partial charge in [0, 0.05) is 31.5 Å². The molecule has 5 rings (SSSR count). The molecular formula is C31H34O17. The van der Waals surface area contributed by atoms with E-state index in [4.69, 9.17) is 32.8 Å². The number of phenolic OH excluding ortho intramolecular Hbond substituents is 3. The lowest BCUT2D eigenvalue weighted by Crippen LogP contribution is -2.62. The van der Waals surface area contributed by atoms with Gasteiger partial charge in [0.15, 0.2) is 35.4 Å². The summed E-state index contributed by atoms with van der Waals surface area (Å²) in [5, 5.41) is 73.0. The fraction of sp³-hybridized carbons (Fsp3) is 0.452. The first kappa shape index (κ1) is 34.8. The number of carbonyl (C=O) groups excluding carboxylic acids is 2. The predicted molar refractivity (Wildman–Crippen MR) is 158 cm³/mol. The third-order valence-electron chi connectivity index (χ3n) is 7.78. The van der Waals surface area contributed by atoms with Crippen LogP contribution >= 0.6 is 0 Å². The van der Waals surface area contributed by atoms with Gasteiger partial charge in [-0.25, -0.2) is 0 Å². The summed E-state index contributed by atoms with van der Waals surface area (Å²) in [6, 6.07) is 7.79. The molecule has 10 atom stereocenters. The average molecular weight is 679 g/mol. The van der Waals surface area contributed by atoms with Gasteiger partial charge >= 0.3 is 11.9 Å². The third-order valence-corrected chi connectivity index (χ3v) is 7.78. The molecule has 17 heteroatoms. The maximum absolute atomic E-state index is 12.8. The van der Waals surface area contributed by atoms with Crippen molar-refractivity contribution in [1.82, 2.24) is 0 Å². The SMILES string of the molecule is CC(=O)OC1C(OCC2OC(Oc3cc4oc(-c5ccc(O)cc5)cc(=O)c4c(O)c3O)C(O)C(O)C2O)OC(C)C(O)C1OC(C)=O. The average Bonchev–Trinajstić information content (AvgIpc) is 3.02. The number of esters is 2. The Morgan fingerprint density at radius 1 is 0.792 bits per heavy atom. The lowest BCUT2D eigenvalue weighted by Gasteiger charge is -2.43. The highest BCUT2D eigenvalue weighted by Crippen LogP contribution is 2.43. The minimum atomic E-state index is -1.92. The summed E-state index contributed by atoms with van der Waals surface area (Å²) in [6.45, 7) is 2.99. The zero-order chi connectivity index (χ0) is 35.0. The highest BCUT2D eigenvalue weighted by atomic mass is 16.7. The molecule has 7 N–H and O–H groups in total. The van der Waals surface area contributed by atoms with Gasteiger partial charge in [0.1, 0.15) is 53.0 Å². The molecule has 2 aliphatic rings. The van der Waals surface area contributed by atoms with E-state index >= 15 is 0 Å². The van der Waals surface area contributed by atoms with Crippen molar-refractivity contribution < 1.29 is 78.2 Å². The van der Waals surface area contributed by atoms with Gasteiger partial charge in [-0.05, 0) is 31.2 Å². The number of phenols is 3. The molecule has 0 radical (unpaired) electrons. The Morgan fingerprint density at radius 2 is 1.44 bits per heavy atom. The Hall–Kier alpha value is -4.49. The van der Waals surface area contributed by atoms with Crippen LogP contribution in [-0.4, -0.2) is 116 Å². The number of aromatic hydroxyl groups is 3. The van der Waals surface area contributed by atoms with Crippen LogP contribution in [0.1, 0.15) is 20.8 Å². The molecule has 10 unspecified atom stereocenters. The molecular weight excluding hydrogens is 644 g/mol. The highest BCUT2D eigenvalue weighted by molar-refractivity contribution is 5.89. The predicted octanol–water partition coefficient (Wildman–Crippen LogP) is -0.251. The second-order valence-corrected chi connectivity index (χ2v) is 11.3. The quantitative estimate of drug-likeness (QED) is 0.120. The largest absolute Gasteiger partial charge is 0.508 e. The second-order valence-electron chi connectivity index (χ2n) is 11.3. The zero-order valence-electron chi connectivity index (χ0n) is 25.7. The fourth-order valence-electron chi connectivity index (χ4n) is 5.36. The van der Waals surface area contributed by atoms with Gasteiger partial charge in [-0.3, -0.25) is 14.4 Å². The van der Waals surface area contributed by atoms with Crippen LogP contribution in [0.4, 0.5) is 0 Å². The number of rotatable bonds is 8. The second kappa shape index (κ2) is 13.9. The van der Waals surface area contributed by atoms with Gasteiger partial charge in [-0.1, -0.05) is 0 Å². The van der Waals surface area contributed by atoms with Crippen molar-refractivity contribution in [2.75, 3.05) is 6.61 Å². The van der Waals surface area contributed by atoms with Crippen molar-refractivity contribution in [2.45, 2.75) is 82.2 Å². The standard InChI is InChI=1S/C31H34O17/c1-11-22(36)28(44-12(2)32)29(45-13(3)33)31(43-11)42-10-20-24(38)26(40)27(41)30(48-20)47-19-9-18-21(25(39)23(19)37)16(35)8-17(46-18)14-4-6-15(34)7-5-14/h4-9,11,20,22,24,26-31,34,36-41H,10H2,1-3H3. The number of aliphatic hydroxyl groups is 4. The summed E-state index contributed by atoms with van der Waals surface area (Å²) in [5.41, 5.74) is -0.571. The van der Waals surface area contributed by atoms with E-state index in [-0.39, 0.29) is 17.1 Å². The summed E-state index contributed by atoms with van der Waals surface area (Å²) in [7, 11) is 0. The van der Waals surface area contributed by atoms with E-state index in [9.17, 15) is 50.1 Å². The highest BCUT2D eigenvalue weighted by Gasteiger charge is 2.50. The van der Waals surface area contributed by atoms with Gasteiger partial charge in [0.2, 0.25) is 12.0 Å². The number of ether oxygens (including phenoxy) is 6. The fourth-order valence-corrected chi connectivity index (χ4v) is 5.36. The number of carbonyl (C=O) groups is 2. The van der Waals surface area contributed by atoms with E-state index in [2.05, 4.69) is 0 Å². The lowest BCUT2D eigenvalue weighted by atomic mass is 9.98. The first-order chi connectivity index (χ1) is 22.7. The minimum Gasteiger partial charge on any atom is -0.508 e. The van der Waals surface area contributed by atoms with Crippen LogP contribution in [0.2, 0.25) is 0 Å². The minimum absolute atomic E-state index is 0.0304. The number of benzene rings is 2. The number of hydrogen-bond donors (Lipinski definition) is 7. The van der Waals surface area contributed by atoms with E-state index in [0.717, 1.165) is 26.0 Å². The first-order valence-corrected chi connectivity index (χ1v) is 14.6. The van der Waals surface area contributed by atoms with Crippen LogP contribution in [0.15, 0.2) is 45.6 Å². The van der Waals surface area contributed by atoms with Crippen LogP contribution in [-0.2, 0) is 33.3 Å². The van der Waals surface area contributed by atoms with Gasteiger partial charge in [0.25, 0.3) is 0 Å². The molecule has 0 saturated carbocycles. The van der Waals surface area contributed by atoms with E-state index in [1.165, 1.54) is 31.2 Å². The van der Waals surface area contributed by atoms with Crippen molar-refractivity contribution >= 4 is 22.9 Å². The van der Waals surface area contributed by atoms with Crippen molar-refractivity contribution in [3.05, 3.63) is 46.6 Å². The molecule has 3 aromatic rings. The van der Waals surface area contributed by atoms with Crippen LogP contribution in [0.3, 0.4) is 0 Å². The summed E-state index contributed by atoms with van der Waals surface area (Å²) in [4.78, 5) is 36.4. The topological polar surface area (TPSA) is 261 Å². The van der Waals surface area contributed by atoms with Gasteiger partial charge in [-0.2, -0.15) is 0 Å². The molecule has 2 aliphatic heterocycles. The summed E-state index contributed by atoms with van der Waals surface area (Å²) in [6.07, 6.45) is -15.6. The maximum atomic E-state index is 12.8. The molecule has 2 saturated heterocycles. The van der Waals surface area contributed by atoms with Gasteiger partial charge in [0.05, 0.1) is 12.7 Å². The summed E-state index contributed by atoms with van der Waals surface area (Å²) >= 11 is 0. The van der Waals surface area contributed by atoms with Crippen molar-refractivity contribution in [1.29, 1.82) is 0 Å². The molecule has 0 bridgehead atoms. The third kappa shape index (κ3) is 7.02. The summed E-state index contributed by atoms with van der Waals surface area (Å²) in [5.74, 6) is -3.98. The molecule has 260 valence electrons. The molecule has 0 amide bonds. The van der Waals surface area contributed by atoms with E-state index in [0.29, 0.717) is 5.56 Å². The molecule has 17 nitrogen and oxygen atoms in total. The van der Waals surface area contributed by atoms with Crippen LogP contribution < -0.4 is 10.2 Å². The van der Waals surface area contributed by atoms with Gasteiger partial charge in [-0.15, -0.1) is 0 Å². The Labute approximate surface area is 271 Å². The van der Waals surface area contributed by atoms with Crippen LogP contribution in [0.25, 0.3) is 22.3 Å². The first-order valence-electron chi connectivity index (χ1n) is 14.6. The van der Waals surface area contributed by atoms with Gasteiger partial charge < -0.3 is 68.6 Å². The molecule has 0 aliphatic carbocycles. The maximum Gasteiger partial charge on any atom is 0.303 e. The van der Waals surface area contributed by atoms with Crippen molar-refractivity contribution in [3.8, 4) is 34.3 Å². The normalized spacial score (nSPS) is 30.5. The number of fused-ring (bicyclic) bond motifs is 1. The molecule has 2 fully saturated rings. The van der Waals surface area contributed by atoms with Crippen LogP contribution in [0, 0.1) is 0 Å². The van der Waals surface area contributed by atoms with E-state index in [1.54, 1.807) is 0 Å². The summed E-state index contributed by atoms with van der Waals surface area (Å²) < 4.78 is 38.7. The molecule has 1 aromatic heterocycles. The Morgan fingerprint density at radius 3 is 2.08 bits per heavy atom. The Balaban J connectivity index is 1.38. The zero-order valence-corrected chi connectivity index (χ0v) is 25.7. The Bertz CT molecular complexity index is 1700. The molecule has 2 aromatic carbocycles. The van der Waals surface area contributed by atoms with E-state index < -0.39 is 108 Å². The molecule has 48 heavy (non-hydrogen) atoms. The van der Waals surface area contributed by atoms with Crippen molar-refractivity contribution in [3.63, 3.8) is 0 Å². The monoisotopic (exact) mass is 678 g/mol. The molecule has 3 heterocycles. The molecule has 0 spiro atoms. The Kier molecular flexibility index (Phi) is 10.1. The number of aliphatic hydroxyl groups excluding tert-OH is 4. The lowest BCUT2D eigenvalue weighted by molar-refractivity contribution is -0.320. The van der Waals surface area contributed by atoms with E-state index in [1.807, 2.05) is 0 Å². The van der Waals surface area contributed by atoms with Crippen LogP contribution in [0.5, 0.6) is 23.0 Å². The van der Waals surface area contributed by atoms with Crippen molar-refractivity contribution in [2.24, 2.45) is 0 Å².